The van der Waals surface area contributed by atoms with E-state index >= 15 is 0 Å². The number of aromatic nitrogens is 1. The smallest absolute Gasteiger partial charge is 0.272 e. The maximum absolute atomic E-state index is 13.2. The number of carbonyl (C=O) groups is 1. The Hall–Kier alpha value is -2.63. The fraction of sp³-hybridized carbons (Fsp3) is 0. The van der Waals surface area contributed by atoms with Crippen molar-refractivity contribution in [3.63, 3.8) is 0 Å². The van der Waals surface area contributed by atoms with Gasteiger partial charge in [0.15, 0.2) is 0 Å². The highest BCUT2D eigenvalue weighted by atomic mass is 19.1. The molecular formula is C12H10FN3O2. The van der Waals surface area contributed by atoms with Crippen molar-refractivity contribution in [3.05, 3.63) is 58.3 Å². The van der Waals surface area contributed by atoms with Crippen molar-refractivity contribution < 1.29 is 9.18 Å². The van der Waals surface area contributed by atoms with Crippen LogP contribution >= 0.6 is 0 Å². The van der Waals surface area contributed by atoms with E-state index in [0.29, 0.717) is 0 Å². The third-order valence-corrected chi connectivity index (χ3v) is 2.27. The lowest BCUT2D eigenvalue weighted by molar-refractivity contribution is 0.102. The van der Waals surface area contributed by atoms with Crippen LogP contribution in [0.15, 0.2) is 41.2 Å². The Balaban J connectivity index is 2.21. The molecule has 0 fully saturated rings. The normalized spacial score (nSPS) is 10.1. The quantitative estimate of drug-likeness (QED) is 0.700. The van der Waals surface area contributed by atoms with Crippen LogP contribution in [0.4, 0.5) is 15.8 Å². The average molecular weight is 247 g/mol. The van der Waals surface area contributed by atoms with Gasteiger partial charge in [-0.25, -0.2) is 4.39 Å². The molecule has 2 rings (SSSR count). The van der Waals surface area contributed by atoms with Crippen LogP contribution in [0.1, 0.15) is 10.5 Å². The number of carbonyl (C=O) groups excluding carboxylic acids is 1. The summed E-state index contributed by atoms with van der Waals surface area (Å²) in [7, 11) is 0. The predicted octanol–water partition coefficient (Wildman–Crippen LogP) is 1.35. The maximum atomic E-state index is 13.2. The average Bonchev–Trinajstić information content (AvgIpc) is 2.34. The number of halogens is 1. The fourth-order valence-electron chi connectivity index (χ4n) is 1.38. The highest BCUT2D eigenvalue weighted by molar-refractivity contribution is 6.02. The van der Waals surface area contributed by atoms with Crippen molar-refractivity contribution in [2.45, 2.75) is 0 Å². The van der Waals surface area contributed by atoms with Crippen molar-refractivity contribution in [2.24, 2.45) is 0 Å². The first-order valence-electron chi connectivity index (χ1n) is 5.12. The first-order valence-corrected chi connectivity index (χ1v) is 5.12. The Morgan fingerprint density at radius 2 is 2.06 bits per heavy atom. The molecule has 0 aliphatic carbocycles. The largest absolute Gasteiger partial charge is 0.396 e. The minimum Gasteiger partial charge on any atom is -0.396 e. The molecule has 0 saturated heterocycles. The molecule has 18 heavy (non-hydrogen) atoms. The second kappa shape index (κ2) is 4.70. The summed E-state index contributed by atoms with van der Waals surface area (Å²) < 4.78 is 13.2. The Morgan fingerprint density at radius 1 is 1.28 bits per heavy atom. The van der Waals surface area contributed by atoms with Crippen molar-refractivity contribution in [3.8, 4) is 0 Å². The number of anilines is 2. The van der Waals surface area contributed by atoms with Gasteiger partial charge in [-0.15, -0.1) is 0 Å². The Bertz CT molecular complexity index is 652. The van der Waals surface area contributed by atoms with E-state index in [1.165, 1.54) is 30.3 Å². The third kappa shape index (κ3) is 2.54. The van der Waals surface area contributed by atoms with Crippen molar-refractivity contribution in [1.82, 2.24) is 4.98 Å². The van der Waals surface area contributed by atoms with Crippen LogP contribution in [-0.2, 0) is 0 Å². The predicted molar refractivity (Wildman–Crippen MR) is 65.8 cm³/mol. The van der Waals surface area contributed by atoms with Crippen LogP contribution in [0, 0.1) is 5.82 Å². The molecule has 1 aromatic carbocycles. The van der Waals surface area contributed by atoms with E-state index in [-0.39, 0.29) is 22.6 Å². The van der Waals surface area contributed by atoms with Gasteiger partial charge >= 0.3 is 0 Å². The van der Waals surface area contributed by atoms with Gasteiger partial charge in [0.25, 0.3) is 5.91 Å². The summed E-state index contributed by atoms with van der Waals surface area (Å²) in [6.45, 7) is 0. The van der Waals surface area contributed by atoms with Crippen LogP contribution in [0.25, 0.3) is 0 Å². The van der Waals surface area contributed by atoms with E-state index in [1.807, 2.05) is 0 Å². The zero-order valence-corrected chi connectivity index (χ0v) is 9.24. The molecule has 0 atom stereocenters. The number of hydrogen-bond acceptors (Lipinski definition) is 3. The van der Waals surface area contributed by atoms with Crippen LogP contribution in [0.2, 0.25) is 0 Å². The fourth-order valence-corrected chi connectivity index (χ4v) is 1.38. The van der Waals surface area contributed by atoms with E-state index in [0.717, 1.165) is 6.07 Å². The molecule has 0 aliphatic heterocycles. The molecule has 1 heterocycles. The number of nitrogens with one attached hydrogen (secondary N) is 2. The van der Waals surface area contributed by atoms with Gasteiger partial charge in [0.2, 0.25) is 5.56 Å². The van der Waals surface area contributed by atoms with Gasteiger partial charge in [-0.1, -0.05) is 6.07 Å². The first-order chi connectivity index (χ1) is 8.56. The highest BCUT2D eigenvalue weighted by Crippen LogP contribution is 2.16. The zero-order chi connectivity index (χ0) is 13.1. The summed E-state index contributed by atoms with van der Waals surface area (Å²) in [5.41, 5.74) is 5.29. The summed E-state index contributed by atoms with van der Waals surface area (Å²) in [6.07, 6.45) is 0. The number of benzene rings is 1. The molecule has 1 amide bonds. The molecule has 5 nitrogen and oxygen atoms in total. The summed E-state index contributed by atoms with van der Waals surface area (Å²) in [5.74, 6) is -1.15. The molecule has 0 bridgehead atoms. The Labute approximate surface area is 101 Å². The minimum atomic E-state index is -0.616. The molecule has 0 radical (unpaired) electrons. The van der Waals surface area contributed by atoms with Gasteiger partial charge in [-0.3, -0.25) is 9.59 Å². The molecule has 0 saturated carbocycles. The van der Waals surface area contributed by atoms with Gasteiger partial charge in [0.05, 0.1) is 5.69 Å². The van der Waals surface area contributed by atoms with Gasteiger partial charge < -0.3 is 16.0 Å². The summed E-state index contributed by atoms with van der Waals surface area (Å²) in [5, 5.41) is 2.45. The number of rotatable bonds is 2. The monoisotopic (exact) mass is 247 g/mol. The van der Waals surface area contributed by atoms with Gasteiger partial charge in [0.1, 0.15) is 11.5 Å². The number of H-pyrrole nitrogens is 1. The number of hydrogen-bond donors (Lipinski definition) is 3. The van der Waals surface area contributed by atoms with Crippen molar-refractivity contribution in [1.29, 1.82) is 0 Å². The number of pyridine rings is 1. The lowest BCUT2D eigenvalue weighted by Gasteiger charge is -2.05. The summed E-state index contributed by atoms with van der Waals surface area (Å²) >= 11 is 0. The van der Waals surface area contributed by atoms with Crippen LogP contribution in [-0.4, -0.2) is 10.9 Å². The van der Waals surface area contributed by atoms with Crippen molar-refractivity contribution >= 4 is 17.3 Å². The Morgan fingerprint density at radius 3 is 2.72 bits per heavy atom. The third-order valence-electron chi connectivity index (χ3n) is 2.27. The van der Waals surface area contributed by atoms with E-state index in [1.54, 1.807) is 0 Å². The molecule has 0 aliphatic rings. The summed E-state index contributed by atoms with van der Waals surface area (Å²) in [4.78, 5) is 25.1. The minimum absolute atomic E-state index is 0.00103. The standard InChI is InChI=1S/C12H10FN3O2/c13-8-6-7(4-5-9(8)14)15-12(18)10-2-1-3-11(17)16-10/h1-6H,14H2,(H,15,18)(H,16,17). The van der Waals surface area contributed by atoms with E-state index in [4.69, 9.17) is 5.73 Å². The van der Waals surface area contributed by atoms with E-state index in [9.17, 15) is 14.0 Å². The number of nitrogen functional groups attached to an aromatic ring is 1. The number of amides is 1. The lowest BCUT2D eigenvalue weighted by Crippen LogP contribution is -2.18. The van der Waals surface area contributed by atoms with Crippen molar-refractivity contribution in [2.75, 3.05) is 11.1 Å². The zero-order valence-electron chi connectivity index (χ0n) is 9.24. The number of nitrogens with two attached hydrogens (primary N) is 1. The molecule has 6 heteroatoms. The molecule has 1 aromatic heterocycles. The van der Waals surface area contributed by atoms with Crippen LogP contribution in [0.3, 0.4) is 0 Å². The molecule has 0 spiro atoms. The first kappa shape index (κ1) is 11.8. The summed E-state index contributed by atoms with van der Waals surface area (Å²) in [6, 6.07) is 8.12. The van der Waals surface area contributed by atoms with Crippen LogP contribution in [0.5, 0.6) is 0 Å². The highest BCUT2D eigenvalue weighted by Gasteiger charge is 2.07. The number of aromatic amines is 1. The SMILES string of the molecule is Nc1ccc(NC(=O)c2cccc(=O)[nH]2)cc1F. The lowest BCUT2D eigenvalue weighted by atomic mass is 10.2. The molecule has 4 N–H and O–H groups in total. The second-order valence-electron chi connectivity index (χ2n) is 3.62. The Kier molecular flexibility index (Phi) is 3.09. The van der Waals surface area contributed by atoms with E-state index in [2.05, 4.69) is 10.3 Å². The maximum Gasteiger partial charge on any atom is 0.272 e. The molecular weight excluding hydrogens is 237 g/mol. The molecule has 0 unspecified atom stereocenters. The second-order valence-corrected chi connectivity index (χ2v) is 3.62. The van der Waals surface area contributed by atoms with Gasteiger partial charge in [-0.2, -0.15) is 0 Å². The molecule has 2 aromatic rings. The van der Waals surface area contributed by atoms with Crippen LogP contribution < -0.4 is 16.6 Å². The van der Waals surface area contributed by atoms with Gasteiger partial charge in [0, 0.05) is 11.8 Å². The topological polar surface area (TPSA) is 88.0 Å². The molecule has 92 valence electrons. The van der Waals surface area contributed by atoms with E-state index < -0.39 is 11.7 Å². The van der Waals surface area contributed by atoms with Gasteiger partial charge in [-0.05, 0) is 24.3 Å².